The summed E-state index contributed by atoms with van der Waals surface area (Å²) in [4.78, 5) is 14.0. The van der Waals surface area contributed by atoms with Crippen LogP contribution in [0.4, 0.5) is 0 Å². The Hall–Kier alpha value is -0.570. The fourth-order valence-corrected chi connectivity index (χ4v) is 3.00. The van der Waals surface area contributed by atoms with Crippen molar-refractivity contribution in [2.24, 2.45) is 5.41 Å². The van der Waals surface area contributed by atoms with Crippen molar-refractivity contribution in [1.82, 2.24) is 10.2 Å². The number of hydrogen-bond acceptors (Lipinski definition) is 2. The molecule has 1 amide bonds. The number of hydrogen-bond donors (Lipinski definition) is 1. The minimum absolute atomic E-state index is 0.293. The molecule has 0 aromatic rings. The van der Waals surface area contributed by atoms with Gasteiger partial charge >= 0.3 is 0 Å². The summed E-state index contributed by atoms with van der Waals surface area (Å²) >= 11 is 0. The Kier molecular flexibility index (Phi) is 3.01. The summed E-state index contributed by atoms with van der Waals surface area (Å²) < 4.78 is 0. The number of nitrogens with one attached hydrogen (secondary N) is 1. The van der Waals surface area contributed by atoms with E-state index in [-0.39, 0.29) is 0 Å². The zero-order valence-corrected chi connectivity index (χ0v) is 9.88. The summed E-state index contributed by atoms with van der Waals surface area (Å²) in [7, 11) is 0. The van der Waals surface area contributed by atoms with Crippen LogP contribution in [-0.4, -0.2) is 36.5 Å². The molecule has 0 aromatic carbocycles. The van der Waals surface area contributed by atoms with E-state index in [1.807, 2.05) is 0 Å². The number of carbonyl (C=O) groups excluding carboxylic acids is 1. The van der Waals surface area contributed by atoms with E-state index in [4.69, 9.17) is 0 Å². The van der Waals surface area contributed by atoms with Gasteiger partial charge in [0, 0.05) is 19.1 Å². The van der Waals surface area contributed by atoms with Crippen molar-refractivity contribution in [2.45, 2.75) is 45.6 Å². The van der Waals surface area contributed by atoms with E-state index in [2.05, 4.69) is 24.1 Å². The van der Waals surface area contributed by atoms with E-state index in [1.165, 1.54) is 25.7 Å². The molecular weight excluding hydrogens is 188 g/mol. The third kappa shape index (κ3) is 2.17. The first-order valence-corrected chi connectivity index (χ1v) is 6.11. The maximum Gasteiger partial charge on any atom is 0.236 e. The van der Waals surface area contributed by atoms with Crippen LogP contribution in [0.3, 0.4) is 0 Å². The summed E-state index contributed by atoms with van der Waals surface area (Å²) in [6, 6.07) is 0.473. The van der Waals surface area contributed by atoms with Crippen LogP contribution in [0.15, 0.2) is 0 Å². The Morgan fingerprint density at radius 3 is 2.87 bits per heavy atom. The second-order valence-corrected chi connectivity index (χ2v) is 5.51. The average molecular weight is 210 g/mol. The van der Waals surface area contributed by atoms with Crippen LogP contribution in [0.2, 0.25) is 0 Å². The Bertz CT molecular complexity index is 250. The zero-order chi connectivity index (χ0) is 10.9. The van der Waals surface area contributed by atoms with E-state index in [1.54, 1.807) is 0 Å². The highest BCUT2D eigenvalue weighted by Crippen LogP contribution is 2.38. The highest BCUT2D eigenvalue weighted by atomic mass is 16.2. The fourth-order valence-electron chi connectivity index (χ4n) is 3.00. The second-order valence-electron chi connectivity index (χ2n) is 5.51. The second kappa shape index (κ2) is 4.12. The molecule has 3 nitrogen and oxygen atoms in total. The van der Waals surface area contributed by atoms with Gasteiger partial charge in [-0.2, -0.15) is 0 Å². The van der Waals surface area contributed by atoms with Crippen LogP contribution in [0.1, 0.15) is 39.5 Å². The van der Waals surface area contributed by atoms with E-state index < -0.39 is 0 Å². The summed E-state index contributed by atoms with van der Waals surface area (Å²) in [5, 5.41) is 3.14. The van der Waals surface area contributed by atoms with Crippen molar-refractivity contribution in [3.63, 3.8) is 0 Å². The van der Waals surface area contributed by atoms with Gasteiger partial charge in [0.15, 0.2) is 0 Å². The number of piperazine rings is 1. The molecule has 1 unspecified atom stereocenters. The lowest BCUT2D eigenvalue weighted by Crippen LogP contribution is -2.57. The monoisotopic (exact) mass is 210 g/mol. The van der Waals surface area contributed by atoms with Crippen LogP contribution in [-0.2, 0) is 4.79 Å². The Balaban J connectivity index is 2.09. The molecule has 1 heterocycles. The van der Waals surface area contributed by atoms with Crippen molar-refractivity contribution in [1.29, 1.82) is 0 Å². The molecule has 0 aromatic heterocycles. The molecule has 0 bridgehead atoms. The summed E-state index contributed by atoms with van der Waals surface area (Å²) in [6.07, 6.45) is 5.06. The summed E-state index contributed by atoms with van der Waals surface area (Å²) in [6.45, 7) is 7.01. The van der Waals surface area contributed by atoms with Crippen molar-refractivity contribution >= 4 is 5.91 Å². The lowest BCUT2D eigenvalue weighted by Gasteiger charge is -2.46. The smallest absolute Gasteiger partial charge is 0.236 e. The lowest BCUT2D eigenvalue weighted by molar-refractivity contribution is -0.138. The zero-order valence-electron chi connectivity index (χ0n) is 9.88. The molecule has 1 aliphatic carbocycles. The minimum atomic E-state index is 0.293. The van der Waals surface area contributed by atoms with E-state index in [9.17, 15) is 4.79 Å². The molecule has 2 rings (SSSR count). The van der Waals surface area contributed by atoms with Gasteiger partial charge in [0.25, 0.3) is 0 Å². The van der Waals surface area contributed by atoms with E-state index >= 15 is 0 Å². The van der Waals surface area contributed by atoms with Crippen molar-refractivity contribution in [3.05, 3.63) is 0 Å². The van der Waals surface area contributed by atoms with Crippen LogP contribution in [0.25, 0.3) is 0 Å². The van der Waals surface area contributed by atoms with Crippen molar-refractivity contribution < 1.29 is 4.79 Å². The predicted octanol–water partition coefficient (Wildman–Crippen LogP) is 1.39. The molecule has 86 valence electrons. The van der Waals surface area contributed by atoms with Gasteiger partial charge in [-0.05, 0) is 18.3 Å². The molecule has 1 saturated carbocycles. The molecule has 3 heteroatoms. The maximum absolute atomic E-state index is 11.8. The molecular formula is C12H22N2O. The number of nitrogens with zero attached hydrogens (tertiary/aromatic N) is 1. The maximum atomic E-state index is 11.8. The van der Waals surface area contributed by atoms with Gasteiger partial charge in [-0.1, -0.05) is 26.7 Å². The SMILES string of the molecule is CC1(C)CCCCC1N1CCNCC1=O. The van der Waals surface area contributed by atoms with Crippen LogP contribution >= 0.6 is 0 Å². The number of amides is 1. The third-order valence-corrected chi connectivity index (χ3v) is 3.95. The number of rotatable bonds is 1. The van der Waals surface area contributed by atoms with E-state index in [0.29, 0.717) is 23.9 Å². The van der Waals surface area contributed by atoms with Gasteiger partial charge in [0.05, 0.1) is 6.54 Å². The highest BCUT2D eigenvalue weighted by molar-refractivity contribution is 5.79. The molecule has 2 aliphatic rings. The first-order valence-electron chi connectivity index (χ1n) is 6.11. The first kappa shape index (κ1) is 10.9. The quantitative estimate of drug-likeness (QED) is 0.709. The molecule has 1 aliphatic heterocycles. The van der Waals surface area contributed by atoms with Crippen molar-refractivity contribution in [3.8, 4) is 0 Å². The molecule has 0 spiro atoms. The van der Waals surface area contributed by atoms with Crippen LogP contribution in [0.5, 0.6) is 0 Å². The molecule has 0 radical (unpaired) electrons. The molecule has 15 heavy (non-hydrogen) atoms. The summed E-state index contributed by atoms with van der Waals surface area (Å²) in [5.41, 5.74) is 0.311. The third-order valence-electron chi connectivity index (χ3n) is 3.95. The van der Waals surface area contributed by atoms with Crippen molar-refractivity contribution in [2.75, 3.05) is 19.6 Å². The van der Waals surface area contributed by atoms with Gasteiger partial charge in [-0.25, -0.2) is 0 Å². The van der Waals surface area contributed by atoms with Crippen LogP contribution < -0.4 is 5.32 Å². The largest absolute Gasteiger partial charge is 0.337 e. The van der Waals surface area contributed by atoms with Crippen LogP contribution in [0, 0.1) is 5.41 Å². The Morgan fingerprint density at radius 2 is 2.20 bits per heavy atom. The minimum Gasteiger partial charge on any atom is -0.337 e. The van der Waals surface area contributed by atoms with Gasteiger partial charge < -0.3 is 10.2 Å². The topological polar surface area (TPSA) is 32.3 Å². The normalized spacial score (nSPS) is 31.7. The fraction of sp³-hybridized carbons (Fsp3) is 0.917. The summed E-state index contributed by atoms with van der Waals surface area (Å²) in [5.74, 6) is 0.293. The molecule has 2 fully saturated rings. The highest BCUT2D eigenvalue weighted by Gasteiger charge is 2.38. The Labute approximate surface area is 92.2 Å². The lowest BCUT2D eigenvalue weighted by atomic mass is 9.72. The average Bonchev–Trinajstić information content (AvgIpc) is 2.19. The van der Waals surface area contributed by atoms with Gasteiger partial charge in [-0.3, -0.25) is 4.79 Å². The van der Waals surface area contributed by atoms with Gasteiger partial charge in [0.1, 0.15) is 0 Å². The molecule has 1 saturated heterocycles. The standard InChI is InChI=1S/C12H22N2O/c1-12(2)6-4-3-5-10(12)14-8-7-13-9-11(14)15/h10,13H,3-9H2,1-2H3. The molecule has 1 atom stereocenters. The van der Waals surface area contributed by atoms with Gasteiger partial charge in [0.2, 0.25) is 5.91 Å². The predicted molar refractivity (Wildman–Crippen MR) is 60.6 cm³/mol. The first-order chi connectivity index (χ1) is 7.11. The number of carbonyl (C=O) groups is 1. The molecule has 1 N–H and O–H groups in total. The Morgan fingerprint density at radius 1 is 1.40 bits per heavy atom. The van der Waals surface area contributed by atoms with E-state index in [0.717, 1.165) is 13.1 Å². The van der Waals surface area contributed by atoms with Gasteiger partial charge in [-0.15, -0.1) is 0 Å².